The molecule has 8 nitrogen and oxygen atoms in total. The Balaban J connectivity index is 2.11. The van der Waals surface area contributed by atoms with E-state index < -0.39 is 23.7 Å². The lowest BCUT2D eigenvalue weighted by molar-refractivity contribution is -0.125. The quantitative estimate of drug-likeness (QED) is 0.494. The number of carboxylic acids is 1. The number of rotatable bonds is 9. The fourth-order valence-corrected chi connectivity index (χ4v) is 2.32. The SMILES string of the molecule is CC(=O)C(Nc1ccccc1C(=O)O)C(=O)Nc1ccc(OCCO)cc1. The molecule has 0 bridgehead atoms. The molecule has 2 aromatic carbocycles. The molecule has 0 spiro atoms. The molecule has 27 heavy (non-hydrogen) atoms. The fourth-order valence-electron chi connectivity index (χ4n) is 2.32. The van der Waals surface area contributed by atoms with Gasteiger partial charge >= 0.3 is 5.97 Å². The number of hydrogen-bond donors (Lipinski definition) is 4. The Bertz CT molecular complexity index is 819. The van der Waals surface area contributed by atoms with E-state index in [1.54, 1.807) is 36.4 Å². The Morgan fingerprint density at radius 2 is 1.74 bits per heavy atom. The van der Waals surface area contributed by atoms with Gasteiger partial charge in [0.1, 0.15) is 12.4 Å². The molecule has 1 amide bonds. The number of carbonyl (C=O) groups excluding carboxylic acids is 2. The largest absolute Gasteiger partial charge is 0.491 e. The molecular weight excluding hydrogens is 352 g/mol. The second-order valence-corrected chi connectivity index (χ2v) is 5.62. The number of benzene rings is 2. The average Bonchev–Trinajstić information content (AvgIpc) is 2.65. The summed E-state index contributed by atoms with van der Waals surface area (Å²) < 4.78 is 5.23. The Morgan fingerprint density at radius 3 is 2.33 bits per heavy atom. The molecular formula is C19H20N2O6. The van der Waals surface area contributed by atoms with Gasteiger partial charge in [0.05, 0.1) is 12.2 Å². The molecule has 0 aliphatic rings. The third-order valence-corrected chi connectivity index (χ3v) is 3.61. The van der Waals surface area contributed by atoms with E-state index in [0.29, 0.717) is 11.4 Å². The first-order valence-corrected chi connectivity index (χ1v) is 8.16. The average molecular weight is 372 g/mol. The van der Waals surface area contributed by atoms with E-state index in [2.05, 4.69) is 10.6 Å². The van der Waals surface area contributed by atoms with Gasteiger partial charge in [-0.2, -0.15) is 0 Å². The van der Waals surface area contributed by atoms with Gasteiger partial charge in [-0.1, -0.05) is 12.1 Å². The van der Waals surface area contributed by atoms with Gasteiger partial charge in [0.15, 0.2) is 11.8 Å². The van der Waals surface area contributed by atoms with Crippen LogP contribution in [0.1, 0.15) is 17.3 Å². The molecule has 0 aliphatic heterocycles. The minimum Gasteiger partial charge on any atom is -0.491 e. The lowest BCUT2D eigenvalue weighted by Gasteiger charge is -2.18. The van der Waals surface area contributed by atoms with Crippen molar-refractivity contribution in [2.24, 2.45) is 0 Å². The molecule has 142 valence electrons. The predicted molar refractivity (Wildman–Crippen MR) is 99.1 cm³/mol. The number of aromatic carboxylic acids is 1. The zero-order valence-electron chi connectivity index (χ0n) is 14.6. The number of para-hydroxylation sites is 1. The van der Waals surface area contributed by atoms with E-state index in [1.807, 2.05) is 0 Å². The molecule has 0 saturated heterocycles. The van der Waals surface area contributed by atoms with Crippen molar-refractivity contribution in [2.75, 3.05) is 23.8 Å². The van der Waals surface area contributed by atoms with Gasteiger partial charge in [-0.3, -0.25) is 9.59 Å². The van der Waals surface area contributed by atoms with Crippen molar-refractivity contribution >= 4 is 29.0 Å². The highest BCUT2D eigenvalue weighted by molar-refractivity contribution is 6.12. The maximum Gasteiger partial charge on any atom is 0.337 e. The van der Waals surface area contributed by atoms with E-state index in [9.17, 15) is 19.5 Å². The number of anilines is 2. The second kappa shape index (κ2) is 9.35. The van der Waals surface area contributed by atoms with Crippen LogP contribution in [0.15, 0.2) is 48.5 Å². The summed E-state index contributed by atoms with van der Waals surface area (Å²) >= 11 is 0. The Labute approximate surface area is 155 Å². The highest BCUT2D eigenvalue weighted by Gasteiger charge is 2.25. The number of hydrogen-bond acceptors (Lipinski definition) is 6. The highest BCUT2D eigenvalue weighted by atomic mass is 16.5. The first-order valence-electron chi connectivity index (χ1n) is 8.16. The molecule has 8 heteroatoms. The predicted octanol–water partition coefficient (Wildman–Crippen LogP) is 1.76. The van der Waals surface area contributed by atoms with E-state index in [0.717, 1.165) is 0 Å². The van der Waals surface area contributed by atoms with E-state index in [-0.39, 0.29) is 24.5 Å². The molecule has 2 aromatic rings. The molecule has 0 heterocycles. The number of ketones is 1. The van der Waals surface area contributed by atoms with Crippen molar-refractivity contribution in [1.29, 1.82) is 0 Å². The number of aliphatic hydroxyl groups is 1. The van der Waals surface area contributed by atoms with Crippen LogP contribution in [-0.2, 0) is 9.59 Å². The van der Waals surface area contributed by atoms with Gasteiger partial charge in [-0.05, 0) is 43.3 Å². The molecule has 0 radical (unpaired) electrons. The standard InChI is InChI=1S/C19H20N2O6/c1-12(23)17(21-16-5-3-2-4-15(16)19(25)26)18(24)20-13-6-8-14(9-7-13)27-11-10-22/h2-9,17,21-22H,10-11H2,1H3,(H,20,24)(H,25,26). The van der Waals surface area contributed by atoms with E-state index in [1.165, 1.54) is 19.1 Å². The molecule has 0 fully saturated rings. The van der Waals surface area contributed by atoms with Crippen LogP contribution in [0.3, 0.4) is 0 Å². The smallest absolute Gasteiger partial charge is 0.337 e. The molecule has 0 saturated carbocycles. The number of ether oxygens (including phenoxy) is 1. The number of Topliss-reactive ketones (excluding diaryl/α,β-unsaturated/α-hetero) is 1. The van der Waals surface area contributed by atoms with Gasteiger partial charge in [-0.15, -0.1) is 0 Å². The summed E-state index contributed by atoms with van der Waals surface area (Å²) in [6.07, 6.45) is 0. The van der Waals surface area contributed by atoms with Crippen molar-refractivity contribution in [1.82, 2.24) is 0 Å². The number of amides is 1. The van der Waals surface area contributed by atoms with Crippen LogP contribution < -0.4 is 15.4 Å². The summed E-state index contributed by atoms with van der Waals surface area (Å²) in [6.45, 7) is 1.29. The Kier molecular flexibility index (Phi) is 6.90. The minimum atomic E-state index is -1.25. The molecule has 0 aromatic heterocycles. The van der Waals surface area contributed by atoms with Gasteiger partial charge in [0.25, 0.3) is 5.91 Å². The van der Waals surface area contributed by atoms with E-state index >= 15 is 0 Å². The number of carboxylic acid groups (broad SMARTS) is 1. The van der Waals surface area contributed by atoms with E-state index in [4.69, 9.17) is 9.84 Å². The lowest BCUT2D eigenvalue weighted by Crippen LogP contribution is -2.40. The van der Waals surface area contributed by atoms with Crippen LogP contribution in [0.5, 0.6) is 5.75 Å². The normalized spacial score (nSPS) is 11.3. The van der Waals surface area contributed by atoms with Crippen LogP contribution >= 0.6 is 0 Å². The van der Waals surface area contributed by atoms with Crippen LogP contribution in [-0.4, -0.2) is 47.1 Å². The molecule has 2 rings (SSSR count). The topological polar surface area (TPSA) is 125 Å². The van der Waals surface area contributed by atoms with Crippen molar-refractivity contribution in [3.8, 4) is 5.75 Å². The number of nitrogens with one attached hydrogen (secondary N) is 2. The summed E-state index contributed by atoms with van der Waals surface area (Å²) in [5.74, 6) is -1.72. The molecule has 0 aliphatic carbocycles. The third-order valence-electron chi connectivity index (χ3n) is 3.61. The summed E-state index contributed by atoms with van der Waals surface area (Å²) in [7, 11) is 0. The monoisotopic (exact) mass is 372 g/mol. The summed E-state index contributed by atoms with van der Waals surface area (Å²) in [4.78, 5) is 35.7. The van der Waals surface area contributed by atoms with Gasteiger partial charge in [0.2, 0.25) is 0 Å². The molecule has 4 N–H and O–H groups in total. The van der Waals surface area contributed by atoms with Crippen molar-refractivity contribution in [2.45, 2.75) is 13.0 Å². The highest BCUT2D eigenvalue weighted by Crippen LogP contribution is 2.18. The van der Waals surface area contributed by atoms with Crippen LogP contribution in [0.25, 0.3) is 0 Å². The molecule has 1 atom stereocenters. The fraction of sp³-hybridized carbons (Fsp3) is 0.211. The van der Waals surface area contributed by atoms with Gasteiger partial charge in [0, 0.05) is 11.4 Å². The second-order valence-electron chi connectivity index (χ2n) is 5.62. The van der Waals surface area contributed by atoms with Gasteiger partial charge in [-0.25, -0.2) is 4.79 Å². The number of carbonyl (C=O) groups is 3. The van der Waals surface area contributed by atoms with Crippen molar-refractivity contribution in [3.63, 3.8) is 0 Å². The maximum absolute atomic E-state index is 12.5. The van der Waals surface area contributed by atoms with Crippen molar-refractivity contribution < 1.29 is 29.3 Å². The summed E-state index contributed by atoms with van der Waals surface area (Å²) in [5, 5.41) is 23.3. The van der Waals surface area contributed by atoms with Crippen molar-refractivity contribution in [3.05, 3.63) is 54.1 Å². The lowest BCUT2D eigenvalue weighted by atomic mass is 10.1. The zero-order chi connectivity index (χ0) is 19.8. The summed E-state index contributed by atoms with van der Waals surface area (Å²) in [6, 6.07) is 11.2. The van der Waals surface area contributed by atoms with Crippen LogP contribution in [0.2, 0.25) is 0 Å². The Hall–Kier alpha value is -3.39. The van der Waals surface area contributed by atoms with Crippen LogP contribution in [0.4, 0.5) is 11.4 Å². The van der Waals surface area contributed by atoms with Gasteiger partial charge < -0.3 is 25.6 Å². The maximum atomic E-state index is 12.5. The first-order chi connectivity index (χ1) is 12.9. The number of aliphatic hydroxyl groups excluding tert-OH is 1. The summed E-state index contributed by atoms with van der Waals surface area (Å²) in [5.41, 5.74) is 0.575. The van der Waals surface area contributed by atoms with Crippen LogP contribution in [0, 0.1) is 0 Å². The first kappa shape index (κ1) is 19.9. The third kappa shape index (κ3) is 5.55. The molecule has 1 unspecified atom stereocenters. The minimum absolute atomic E-state index is 0.0399. The zero-order valence-corrected chi connectivity index (χ0v) is 14.6. The Morgan fingerprint density at radius 1 is 1.07 bits per heavy atom.